The molecule has 0 fully saturated rings. The minimum atomic E-state index is -0.454. The molecule has 31 heavy (non-hydrogen) atoms. The minimum absolute atomic E-state index is 0.131. The second-order valence-electron chi connectivity index (χ2n) is 7.17. The third-order valence-corrected chi connectivity index (χ3v) is 5.39. The van der Waals surface area contributed by atoms with Gasteiger partial charge in [-0.15, -0.1) is 13.2 Å². The molecule has 3 aromatic rings. The second-order valence-corrected chi connectivity index (χ2v) is 7.54. The molecule has 0 aliphatic carbocycles. The van der Waals surface area contributed by atoms with E-state index < -0.39 is 11.8 Å². The normalized spacial score (nSPS) is 10.5. The number of carbonyl (C=O) groups excluding carboxylic acids is 1. The molecule has 0 unspecified atom stereocenters. The number of esters is 1. The van der Waals surface area contributed by atoms with Gasteiger partial charge in [-0.25, -0.2) is 9.18 Å². The van der Waals surface area contributed by atoms with Crippen molar-refractivity contribution in [2.75, 3.05) is 0 Å². The molecule has 0 atom stereocenters. The van der Waals surface area contributed by atoms with Crippen molar-refractivity contribution in [2.45, 2.75) is 25.7 Å². The van der Waals surface area contributed by atoms with Gasteiger partial charge in [-0.1, -0.05) is 60.2 Å². The van der Waals surface area contributed by atoms with Crippen molar-refractivity contribution in [2.24, 2.45) is 0 Å². The summed E-state index contributed by atoms with van der Waals surface area (Å²) in [5, 5.41) is 0.131. The van der Waals surface area contributed by atoms with Crippen molar-refractivity contribution in [3.8, 4) is 16.9 Å². The van der Waals surface area contributed by atoms with Crippen molar-refractivity contribution in [1.29, 1.82) is 0 Å². The van der Waals surface area contributed by atoms with E-state index in [9.17, 15) is 9.18 Å². The Hall–Kier alpha value is -3.17. The maximum absolute atomic E-state index is 14.8. The van der Waals surface area contributed by atoms with Gasteiger partial charge >= 0.3 is 5.97 Å². The first-order valence-electron chi connectivity index (χ1n) is 10.1. The summed E-state index contributed by atoms with van der Waals surface area (Å²) in [4.78, 5) is 12.4. The largest absolute Gasteiger partial charge is 0.423 e. The lowest BCUT2D eigenvalue weighted by Gasteiger charge is -2.10. The summed E-state index contributed by atoms with van der Waals surface area (Å²) >= 11 is 6.21. The molecule has 0 spiro atoms. The molecule has 3 aromatic carbocycles. The molecular formula is C27H24ClFO2. The Bertz CT molecular complexity index is 1070. The lowest BCUT2D eigenvalue weighted by atomic mass is 10.0. The van der Waals surface area contributed by atoms with Crippen LogP contribution in [0.4, 0.5) is 4.39 Å². The Morgan fingerprint density at radius 3 is 2.19 bits per heavy atom. The molecule has 0 heterocycles. The van der Waals surface area contributed by atoms with E-state index in [1.807, 2.05) is 24.3 Å². The van der Waals surface area contributed by atoms with Crippen LogP contribution in [0.2, 0.25) is 5.02 Å². The lowest BCUT2D eigenvalue weighted by Crippen LogP contribution is -2.08. The number of halogens is 2. The Kier molecular flexibility index (Phi) is 7.80. The Morgan fingerprint density at radius 1 is 0.903 bits per heavy atom. The Morgan fingerprint density at radius 2 is 1.55 bits per heavy atom. The predicted octanol–water partition coefficient (Wildman–Crippen LogP) is 7.60. The molecule has 0 saturated carbocycles. The fourth-order valence-electron chi connectivity index (χ4n) is 3.21. The van der Waals surface area contributed by atoms with Gasteiger partial charge in [0.25, 0.3) is 0 Å². The summed E-state index contributed by atoms with van der Waals surface area (Å²) in [5.74, 6) is -0.507. The van der Waals surface area contributed by atoms with Gasteiger partial charge in [0, 0.05) is 5.56 Å². The summed E-state index contributed by atoms with van der Waals surface area (Å²) in [6, 6.07) is 17.6. The van der Waals surface area contributed by atoms with Crippen LogP contribution < -0.4 is 4.74 Å². The van der Waals surface area contributed by atoms with Gasteiger partial charge in [0.15, 0.2) is 0 Å². The zero-order valence-corrected chi connectivity index (χ0v) is 18.0. The van der Waals surface area contributed by atoms with E-state index in [0.717, 1.165) is 30.4 Å². The van der Waals surface area contributed by atoms with Gasteiger partial charge in [-0.05, 0) is 66.6 Å². The molecule has 4 heteroatoms. The third kappa shape index (κ3) is 5.71. The van der Waals surface area contributed by atoms with Crippen molar-refractivity contribution in [3.63, 3.8) is 0 Å². The van der Waals surface area contributed by atoms with Gasteiger partial charge in [-0.3, -0.25) is 0 Å². The van der Waals surface area contributed by atoms with E-state index >= 15 is 0 Å². The van der Waals surface area contributed by atoms with Gasteiger partial charge in [0.1, 0.15) is 11.6 Å². The Labute approximate surface area is 187 Å². The van der Waals surface area contributed by atoms with E-state index in [0.29, 0.717) is 28.9 Å². The first kappa shape index (κ1) is 22.5. The highest BCUT2D eigenvalue weighted by Crippen LogP contribution is 2.32. The molecule has 0 aliphatic rings. The van der Waals surface area contributed by atoms with Crippen molar-refractivity contribution >= 4 is 17.6 Å². The van der Waals surface area contributed by atoms with E-state index in [4.69, 9.17) is 16.3 Å². The summed E-state index contributed by atoms with van der Waals surface area (Å²) in [6.07, 6.45) is 6.79. The molecule has 0 aromatic heterocycles. The van der Waals surface area contributed by atoms with E-state index in [-0.39, 0.29) is 5.02 Å². The molecule has 158 valence electrons. The summed E-state index contributed by atoms with van der Waals surface area (Å²) in [5.41, 5.74) is 3.42. The smallest absolute Gasteiger partial charge is 0.343 e. The summed E-state index contributed by atoms with van der Waals surface area (Å²) < 4.78 is 20.2. The Balaban J connectivity index is 1.70. The summed E-state index contributed by atoms with van der Waals surface area (Å²) in [7, 11) is 0. The van der Waals surface area contributed by atoms with Gasteiger partial charge in [-0.2, -0.15) is 0 Å². The summed E-state index contributed by atoms with van der Waals surface area (Å²) in [6.45, 7) is 7.39. The third-order valence-electron chi connectivity index (χ3n) is 4.98. The SMILES string of the molecule is C=CCCc1ccc(C(=O)Oc2ccc(-c3ccc(CCC=C)c(Cl)c3F)cc2)cc1. The van der Waals surface area contributed by atoms with E-state index in [1.54, 1.807) is 48.5 Å². The molecule has 0 radical (unpaired) electrons. The molecule has 0 aliphatic heterocycles. The van der Waals surface area contributed by atoms with Crippen LogP contribution >= 0.6 is 11.6 Å². The average molecular weight is 435 g/mol. The monoisotopic (exact) mass is 434 g/mol. The van der Waals surface area contributed by atoms with Crippen LogP contribution in [-0.4, -0.2) is 5.97 Å². The fraction of sp³-hybridized carbons (Fsp3) is 0.148. The van der Waals surface area contributed by atoms with E-state index in [1.165, 1.54) is 0 Å². The van der Waals surface area contributed by atoms with Gasteiger partial charge in [0.2, 0.25) is 0 Å². The van der Waals surface area contributed by atoms with Crippen LogP contribution in [0.25, 0.3) is 11.1 Å². The number of allylic oxidation sites excluding steroid dienone is 2. The lowest BCUT2D eigenvalue weighted by molar-refractivity contribution is 0.0735. The number of hydrogen-bond acceptors (Lipinski definition) is 2. The second kappa shape index (κ2) is 10.7. The number of ether oxygens (including phenoxy) is 1. The van der Waals surface area contributed by atoms with Crippen LogP contribution in [-0.2, 0) is 12.8 Å². The zero-order chi connectivity index (χ0) is 22.2. The van der Waals surface area contributed by atoms with Crippen molar-refractivity contribution in [1.82, 2.24) is 0 Å². The van der Waals surface area contributed by atoms with Gasteiger partial charge in [0.05, 0.1) is 10.6 Å². The van der Waals surface area contributed by atoms with Gasteiger partial charge < -0.3 is 4.74 Å². The number of benzene rings is 3. The van der Waals surface area contributed by atoms with Crippen LogP contribution in [0.3, 0.4) is 0 Å². The van der Waals surface area contributed by atoms with Crippen molar-refractivity contribution in [3.05, 3.63) is 114 Å². The molecule has 2 nitrogen and oxygen atoms in total. The number of hydrogen-bond donors (Lipinski definition) is 0. The van der Waals surface area contributed by atoms with Crippen LogP contribution in [0.1, 0.15) is 34.3 Å². The van der Waals surface area contributed by atoms with Crippen LogP contribution in [0, 0.1) is 5.82 Å². The predicted molar refractivity (Wildman–Crippen MR) is 125 cm³/mol. The molecule has 0 saturated heterocycles. The standard InChI is InChI=1S/C27H24ClFO2/c1-3-5-7-19-9-11-22(12-10-19)27(30)31-23-16-13-20(14-17-23)24-18-15-21(8-6-4-2)25(28)26(24)29/h3-4,9-18H,1-2,5-8H2. The highest BCUT2D eigenvalue weighted by molar-refractivity contribution is 6.31. The maximum Gasteiger partial charge on any atom is 0.343 e. The quantitative estimate of drug-likeness (QED) is 0.197. The number of rotatable bonds is 9. The molecule has 3 rings (SSSR count). The van der Waals surface area contributed by atoms with Crippen LogP contribution in [0.5, 0.6) is 5.75 Å². The molecule has 0 bridgehead atoms. The highest BCUT2D eigenvalue weighted by Gasteiger charge is 2.14. The molecule has 0 N–H and O–H groups in total. The maximum atomic E-state index is 14.8. The molecule has 0 amide bonds. The average Bonchev–Trinajstić information content (AvgIpc) is 2.79. The van der Waals surface area contributed by atoms with Crippen molar-refractivity contribution < 1.29 is 13.9 Å². The fourth-order valence-corrected chi connectivity index (χ4v) is 3.47. The molecular weight excluding hydrogens is 411 g/mol. The van der Waals surface area contributed by atoms with Crippen LogP contribution in [0.15, 0.2) is 86.0 Å². The minimum Gasteiger partial charge on any atom is -0.423 e. The number of aryl methyl sites for hydroxylation is 2. The highest BCUT2D eigenvalue weighted by atomic mass is 35.5. The topological polar surface area (TPSA) is 26.3 Å². The first-order chi connectivity index (χ1) is 15.0. The zero-order valence-electron chi connectivity index (χ0n) is 17.2. The number of carbonyl (C=O) groups is 1. The first-order valence-corrected chi connectivity index (χ1v) is 10.5. The van der Waals surface area contributed by atoms with E-state index in [2.05, 4.69) is 13.2 Å².